The Morgan fingerprint density at radius 2 is 0.478 bits per heavy atom. The van der Waals surface area contributed by atoms with Crippen LogP contribution in [0, 0.1) is 11.8 Å². The van der Waals surface area contributed by atoms with E-state index in [1.807, 2.05) is 0 Å². The Hall–Kier alpha value is -1.59. The van der Waals surface area contributed by atoms with Crippen molar-refractivity contribution in [1.82, 2.24) is 0 Å². The van der Waals surface area contributed by atoms with Gasteiger partial charge in [0.05, 0.1) is 0 Å². The van der Waals surface area contributed by atoms with Crippen molar-refractivity contribution in [1.29, 1.82) is 0 Å². The van der Waals surface area contributed by atoms with Crippen LogP contribution in [0.15, 0.2) is 0 Å². The Bertz CT molecular complexity index is 1060. The van der Waals surface area contributed by atoms with Crippen LogP contribution in [0.3, 0.4) is 0 Å². The van der Waals surface area contributed by atoms with E-state index in [0.717, 1.165) is 69.6 Å². The minimum Gasteiger partial charge on any atom is -0.462 e. The Balaban J connectivity index is 4.22. The molecule has 0 spiro atoms. The highest BCUT2D eigenvalue weighted by Gasteiger charge is 2.19. The molecule has 0 unspecified atom stereocenters. The second-order valence-electron chi connectivity index (χ2n) is 22.6. The minimum atomic E-state index is -0.763. The van der Waals surface area contributed by atoms with Gasteiger partial charge in [-0.25, -0.2) is 0 Å². The fourth-order valence-corrected chi connectivity index (χ4v) is 9.76. The van der Waals surface area contributed by atoms with Crippen molar-refractivity contribution in [3.8, 4) is 0 Å². The molecule has 0 radical (unpaired) electrons. The molecule has 0 N–H and O–H groups in total. The largest absolute Gasteiger partial charge is 0.462 e. The van der Waals surface area contributed by atoms with Crippen molar-refractivity contribution < 1.29 is 28.6 Å². The maximum absolute atomic E-state index is 12.9. The quantitative estimate of drug-likeness (QED) is 0.0343. The number of ether oxygens (including phenoxy) is 3. The van der Waals surface area contributed by atoms with Crippen molar-refractivity contribution in [2.24, 2.45) is 11.8 Å². The van der Waals surface area contributed by atoms with E-state index in [2.05, 4.69) is 34.6 Å². The third-order valence-electron chi connectivity index (χ3n) is 14.5. The number of esters is 3. The van der Waals surface area contributed by atoms with E-state index >= 15 is 0 Å². The average Bonchev–Trinajstić information content (AvgIpc) is 3.32. The molecule has 0 aliphatic carbocycles. The van der Waals surface area contributed by atoms with Crippen LogP contribution >= 0.6 is 0 Å². The normalized spacial score (nSPS) is 12.0. The molecule has 1 atom stereocenters. The molecule has 0 fully saturated rings. The molecule has 6 nitrogen and oxygen atoms in total. The van der Waals surface area contributed by atoms with Crippen LogP contribution in [0.2, 0.25) is 0 Å². The standard InChI is InChI=1S/C63H122O6/c1-6-7-8-9-10-11-26-33-38-43-48-53-61(64)67-56-60(57-68-62(65)54-49-44-39-34-29-24-20-17-16-19-23-28-32-37-42-47-52-59(4)5)69-63(66)55-50-45-40-35-30-25-21-15-13-12-14-18-22-27-31-36-41-46-51-58(2)3/h58-60H,6-57H2,1-5H3/t60-/m1/s1. The first-order valence-corrected chi connectivity index (χ1v) is 31.2. The molecule has 410 valence electrons. The van der Waals surface area contributed by atoms with E-state index in [0.29, 0.717) is 19.3 Å². The van der Waals surface area contributed by atoms with Gasteiger partial charge in [0, 0.05) is 19.3 Å². The van der Waals surface area contributed by atoms with Gasteiger partial charge in [0.1, 0.15) is 13.2 Å². The lowest BCUT2D eigenvalue weighted by Gasteiger charge is -2.18. The topological polar surface area (TPSA) is 78.9 Å². The summed E-state index contributed by atoms with van der Waals surface area (Å²) in [6, 6.07) is 0. The molecule has 0 amide bonds. The fourth-order valence-electron chi connectivity index (χ4n) is 9.76. The van der Waals surface area contributed by atoms with Gasteiger partial charge in [0.25, 0.3) is 0 Å². The Morgan fingerprint density at radius 1 is 0.275 bits per heavy atom. The molecule has 69 heavy (non-hydrogen) atoms. The van der Waals surface area contributed by atoms with E-state index < -0.39 is 6.10 Å². The molecule has 0 aromatic carbocycles. The van der Waals surface area contributed by atoms with Crippen molar-refractivity contribution >= 4 is 17.9 Å². The number of unbranched alkanes of at least 4 members (excludes halogenated alkanes) is 42. The summed E-state index contributed by atoms with van der Waals surface area (Å²) in [5.74, 6) is 0.877. The maximum Gasteiger partial charge on any atom is 0.306 e. The zero-order valence-electron chi connectivity index (χ0n) is 47.5. The molecule has 0 aliphatic heterocycles. The third-order valence-corrected chi connectivity index (χ3v) is 14.5. The molecule has 0 rings (SSSR count). The van der Waals surface area contributed by atoms with Crippen molar-refractivity contribution in [3.05, 3.63) is 0 Å². The minimum absolute atomic E-state index is 0.0620. The van der Waals surface area contributed by atoms with Crippen LogP contribution in [0.4, 0.5) is 0 Å². The first kappa shape index (κ1) is 67.4. The average molecular weight is 976 g/mol. The lowest BCUT2D eigenvalue weighted by Crippen LogP contribution is -2.30. The molecular weight excluding hydrogens is 853 g/mol. The summed E-state index contributed by atoms with van der Waals surface area (Å²) in [4.78, 5) is 38.2. The van der Waals surface area contributed by atoms with E-state index in [9.17, 15) is 14.4 Å². The second-order valence-corrected chi connectivity index (χ2v) is 22.6. The summed E-state index contributed by atoms with van der Waals surface area (Å²) in [6.45, 7) is 11.5. The van der Waals surface area contributed by atoms with Gasteiger partial charge in [0.15, 0.2) is 6.10 Å². The van der Waals surface area contributed by atoms with Crippen LogP contribution in [0.1, 0.15) is 356 Å². The van der Waals surface area contributed by atoms with E-state index in [-0.39, 0.29) is 31.1 Å². The van der Waals surface area contributed by atoms with Gasteiger partial charge in [-0.15, -0.1) is 0 Å². The van der Waals surface area contributed by atoms with Crippen molar-refractivity contribution in [2.45, 2.75) is 362 Å². The number of carbonyl (C=O) groups excluding carboxylic acids is 3. The van der Waals surface area contributed by atoms with E-state index in [1.165, 1.54) is 244 Å². The van der Waals surface area contributed by atoms with Crippen LogP contribution < -0.4 is 0 Å². The number of carbonyl (C=O) groups is 3. The molecule has 0 aromatic rings. The van der Waals surface area contributed by atoms with Crippen LogP contribution in [-0.2, 0) is 28.6 Å². The van der Waals surface area contributed by atoms with Gasteiger partial charge in [-0.2, -0.15) is 0 Å². The van der Waals surface area contributed by atoms with E-state index in [1.54, 1.807) is 0 Å². The van der Waals surface area contributed by atoms with Crippen molar-refractivity contribution in [3.63, 3.8) is 0 Å². The summed E-state index contributed by atoms with van der Waals surface area (Å²) in [7, 11) is 0. The summed E-state index contributed by atoms with van der Waals surface area (Å²) >= 11 is 0. The number of hydrogen-bond acceptors (Lipinski definition) is 6. The fraction of sp³-hybridized carbons (Fsp3) is 0.952. The molecule has 0 saturated carbocycles. The molecule has 6 heteroatoms. The Labute approximate surface area is 431 Å². The van der Waals surface area contributed by atoms with E-state index in [4.69, 9.17) is 14.2 Å². The maximum atomic E-state index is 12.9. The molecule has 0 aromatic heterocycles. The van der Waals surface area contributed by atoms with Crippen LogP contribution in [0.5, 0.6) is 0 Å². The first-order valence-electron chi connectivity index (χ1n) is 31.2. The predicted octanol–water partition coefficient (Wildman–Crippen LogP) is 20.8. The highest BCUT2D eigenvalue weighted by Crippen LogP contribution is 2.19. The summed E-state index contributed by atoms with van der Waals surface area (Å²) in [6.07, 6.45) is 61.0. The van der Waals surface area contributed by atoms with Gasteiger partial charge < -0.3 is 14.2 Å². The van der Waals surface area contributed by atoms with Gasteiger partial charge in [-0.1, -0.05) is 317 Å². The smallest absolute Gasteiger partial charge is 0.306 e. The van der Waals surface area contributed by atoms with Gasteiger partial charge in [-0.05, 0) is 31.1 Å². The Kier molecular flexibility index (Phi) is 54.4. The van der Waals surface area contributed by atoms with Crippen LogP contribution in [0.25, 0.3) is 0 Å². The van der Waals surface area contributed by atoms with Crippen molar-refractivity contribution in [2.75, 3.05) is 13.2 Å². The SMILES string of the molecule is CCCCCCCCCCCCCC(=O)OC[C@H](COC(=O)CCCCCCCCCCCCCCCCCCC(C)C)OC(=O)CCCCCCCCCCCCCCCCCCCCC(C)C. The molecule has 0 saturated heterocycles. The molecule has 0 bridgehead atoms. The molecule has 0 heterocycles. The van der Waals surface area contributed by atoms with Gasteiger partial charge in [0.2, 0.25) is 0 Å². The number of hydrogen-bond donors (Lipinski definition) is 0. The van der Waals surface area contributed by atoms with Gasteiger partial charge >= 0.3 is 17.9 Å². The monoisotopic (exact) mass is 975 g/mol. The predicted molar refractivity (Wildman–Crippen MR) is 298 cm³/mol. The van der Waals surface area contributed by atoms with Gasteiger partial charge in [-0.3, -0.25) is 14.4 Å². The third kappa shape index (κ3) is 57.2. The lowest BCUT2D eigenvalue weighted by molar-refractivity contribution is -0.167. The second kappa shape index (κ2) is 55.7. The molecule has 0 aliphatic rings. The first-order chi connectivity index (χ1) is 33.7. The summed E-state index contributed by atoms with van der Waals surface area (Å²) in [5.41, 5.74) is 0. The molecular formula is C63H122O6. The summed E-state index contributed by atoms with van der Waals surface area (Å²) < 4.78 is 16.9. The highest BCUT2D eigenvalue weighted by molar-refractivity contribution is 5.71. The highest BCUT2D eigenvalue weighted by atomic mass is 16.6. The summed E-state index contributed by atoms with van der Waals surface area (Å²) in [5, 5.41) is 0. The Morgan fingerprint density at radius 3 is 0.710 bits per heavy atom. The number of rotatable bonds is 57. The zero-order chi connectivity index (χ0) is 50.4. The lowest BCUT2D eigenvalue weighted by atomic mass is 10.0. The zero-order valence-corrected chi connectivity index (χ0v) is 47.5. The van der Waals surface area contributed by atoms with Crippen LogP contribution in [-0.4, -0.2) is 37.2 Å².